The van der Waals surface area contributed by atoms with Crippen molar-refractivity contribution in [3.05, 3.63) is 28.2 Å². The summed E-state index contributed by atoms with van der Waals surface area (Å²) in [6.07, 6.45) is 1.17. The van der Waals surface area contributed by atoms with E-state index < -0.39 is 0 Å². The maximum atomic E-state index is 3.57. The smallest absolute Gasteiger partial charge is 0.0414 e. The molecule has 0 saturated carbocycles. The monoisotopic (exact) mass is 312 g/mol. The third-order valence-electron chi connectivity index (χ3n) is 3.06. The van der Waals surface area contributed by atoms with Gasteiger partial charge in [0.2, 0.25) is 0 Å². The Bertz CT molecular complexity index is 364. The van der Waals surface area contributed by atoms with E-state index in [0.717, 1.165) is 24.1 Å². The number of hydrogen-bond acceptors (Lipinski definition) is 2. The minimum Gasteiger partial charge on any atom is -0.369 e. The summed E-state index contributed by atoms with van der Waals surface area (Å²) < 4.78 is 1.15. The number of rotatable bonds is 7. The minimum atomic E-state index is 0.529. The first kappa shape index (κ1) is 15.5. The molecule has 102 valence electrons. The van der Waals surface area contributed by atoms with E-state index >= 15 is 0 Å². The van der Waals surface area contributed by atoms with Gasteiger partial charge in [0.05, 0.1) is 0 Å². The summed E-state index contributed by atoms with van der Waals surface area (Å²) >= 11 is 3.57. The Hall–Kier alpha value is -0.540. The average Bonchev–Trinajstić information content (AvgIpc) is 2.32. The summed E-state index contributed by atoms with van der Waals surface area (Å²) in [6.45, 7) is 11.9. The lowest BCUT2D eigenvalue weighted by molar-refractivity contribution is 0.661. The van der Waals surface area contributed by atoms with E-state index in [2.05, 4.69) is 72.0 Å². The fourth-order valence-corrected chi connectivity index (χ4v) is 2.60. The molecule has 0 bridgehead atoms. The third-order valence-corrected chi connectivity index (χ3v) is 3.55. The molecule has 0 aliphatic rings. The SMILES string of the molecule is CCCNCc1cc(Br)ccc1N(CC)C(C)C. The number of anilines is 1. The second kappa shape index (κ2) is 7.80. The van der Waals surface area contributed by atoms with Gasteiger partial charge in [-0.25, -0.2) is 0 Å². The molecule has 0 fully saturated rings. The second-order valence-corrected chi connectivity index (χ2v) is 5.75. The van der Waals surface area contributed by atoms with Crippen molar-refractivity contribution in [2.24, 2.45) is 0 Å². The topological polar surface area (TPSA) is 15.3 Å². The van der Waals surface area contributed by atoms with Crippen LogP contribution in [-0.2, 0) is 6.54 Å². The van der Waals surface area contributed by atoms with Crippen molar-refractivity contribution in [3.8, 4) is 0 Å². The van der Waals surface area contributed by atoms with Crippen LogP contribution in [0.5, 0.6) is 0 Å². The van der Waals surface area contributed by atoms with Crippen LogP contribution in [0.25, 0.3) is 0 Å². The van der Waals surface area contributed by atoms with Crippen LogP contribution in [0.15, 0.2) is 22.7 Å². The molecule has 0 aromatic heterocycles. The summed E-state index contributed by atoms with van der Waals surface area (Å²) in [7, 11) is 0. The van der Waals surface area contributed by atoms with E-state index in [-0.39, 0.29) is 0 Å². The standard InChI is InChI=1S/C15H25BrN2/c1-5-9-17-11-13-10-14(16)7-8-15(13)18(6-2)12(3)4/h7-8,10,12,17H,5-6,9,11H2,1-4H3. The lowest BCUT2D eigenvalue weighted by Gasteiger charge is -2.30. The van der Waals surface area contributed by atoms with E-state index in [4.69, 9.17) is 0 Å². The van der Waals surface area contributed by atoms with E-state index in [1.807, 2.05) is 0 Å². The first-order valence-corrected chi connectivity index (χ1v) is 7.65. The molecule has 2 nitrogen and oxygen atoms in total. The van der Waals surface area contributed by atoms with Crippen LogP contribution in [0.2, 0.25) is 0 Å². The largest absolute Gasteiger partial charge is 0.369 e. The first-order valence-electron chi connectivity index (χ1n) is 6.85. The van der Waals surface area contributed by atoms with Gasteiger partial charge in [0.1, 0.15) is 0 Å². The molecular weight excluding hydrogens is 288 g/mol. The number of benzene rings is 1. The van der Waals surface area contributed by atoms with Gasteiger partial charge in [-0.1, -0.05) is 22.9 Å². The Morgan fingerprint density at radius 1 is 1.28 bits per heavy atom. The van der Waals surface area contributed by atoms with Crippen LogP contribution >= 0.6 is 15.9 Å². The maximum Gasteiger partial charge on any atom is 0.0414 e. The van der Waals surface area contributed by atoms with E-state index in [0.29, 0.717) is 6.04 Å². The lowest BCUT2D eigenvalue weighted by atomic mass is 10.1. The molecule has 1 N–H and O–H groups in total. The molecule has 0 saturated heterocycles. The molecule has 18 heavy (non-hydrogen) atoms. The van der Waals surface area contributed by atoms with Gasteiger partial charge in [0.15, 0.2) is 0 Å². The number of halogens is 1. The molecule has 0 atom stereocenters. The average molecular weight is 313 g/mol. The molecule has 3 heteroatoms. The van der Waals surface area contributed by atoms with Gasteiger partial charge in [-0.2, -0.15) is 0 Å². The van der Waals surface area contributed by atoms with E-state index in [1.165, 1.54) is 17.7 Å². The van der Waals surface area contributed by atoms with Crippen LogP contribution in [0.4, 0.5) is 5.69 Å². The van der Waals surface area contributed by atoms with Crippen LogP contribution in [-0.4, -0.2) is 19.1 Å². The highest BCUT2D eigenvalue weighted by molar-refractivity contribution is 9.10. The molecule has 0 radical (unpaired) electrons. The molecular formula is C15H25BrN2. The lowest BCUT2D eigenvalue weighted by Crippen LogP contribution is -2.31. The Balaban J connectivity index is 2.94. The van der Waals surface area contributed by atoms with Gasteiger partial charge in [-0.05, 0) is 57.5 Å². The maximum absolute atomic E-state index is 3.57. The van der Waals surface area contributed by atoms with Gasteiger partial charge in [-0.15, -0.1) is 0 Å². The van der Waals surface area contributed by atoms with Crippen molar-refractivity contribution in [1.82, 2.24) is 5.32 Å². The number of nitrogens with one attached hydrogen (secondary N) is 1. The molecule has 0 aliphatic carbocycles. The summed E-state index contributed by atoms with van der Waals surface area (Å²) in [4.78, 5) is 2.44. The van der Waals surface area contributed by atoms with Gasteiger partial charge in [0, 0.05) is 29.3 Å². The summed E-state index contributed by atoms with van der Waals surface area (Å²) in [6, 6.07) is 7.10. The first-order chi connectivity index (χ1) is 8.60. The number of nitrogens with zero attached hydrogens (tertiary/aromatic N) is 1. The molecule has 1 rings (SSSR count). The third kappa shape index (κ3) is 4.29. The van der Waals surface area contributed by atoms with Gasteiger partial charge in [-0.3, -0.25) is 0 Å². The predicted molar refractivity (Wildman–Crippen MR) is 84.3 cm³/mol. The van der Waals surface area contributed by atoms with Crippen molar-refractivity contribution in [2.45, 2.75) is 46.7 Å². The molecule has 0 aliphatic heterocycles. The zero-order valence-electron chi connectivity index (χ0n) is 12.0. The quantitative estimate of drug-likeness (QED) is 0.760. The fraction of sp³-hybridized carbons (Fsp3) is 0.600. The van der Waals surface area contributed by atoms with Crippen LogP contribution < -0.4 is 10.2 Å². The summed E-state index contributed by atoms with van der Waals surface area (Å²) in [5.41, 5.74) is 2.72. The number of hydrogen-bond donors (Lipinski definition) is 1. The summed E-state index contributed by atoms with van der Waals surface area (Å²) in [5, 5.41) is 3.49. The molecule has 1 aromatic rings. The van der Waals surface area contributed by atoms with Gasteiger partial charge in [0.25, 0.3) is 0 Å². The van der Waals surface area contributed by atoms with E-state index in [9.17, 15) is 0 Å². The van der Waals surface area contributed by atoms with Crippen molar-refractivity contribution >= 4 is 21.6 Å². The molecule has 0 spiro atoms. The van der Waals surface area contributed by atoms with Crippen LogP contribution in [0.1, 0.15) is 39.7 Å². The van der Waals surface area contributed by atoms with Crippen molar-refractivity contribution in [1.29, 1.82) is 0 Å². The van der Waals surface area contributed by atoms with Crippen molar-refractivity contribution in [3.63, 3.8) is 0 Å². The van der Waals surface area contributed by atoms with Gasteiger partial charge < -0.3 is 10.2 Å². The molecule has 0 heterocycles. The Labute approximate surface area is 120 Å². The zero-order valence-corrected chi connectivity index (χ0v) is 13.5. The highest BCUT2D eigenvalue weighted by atomic mass is 79.9. The van der Waals surface area contributed by atoms with Crippen molar-refractivity contribution < 1.29 is 0 Å². The molecule has 1 aromatic carbocycles. The van der Waals surface area contributed by atoms with Gasteiger partial charge >= 0.3 is 0 Å². The zero-order chi connectivity index (χ0) is 13.5. The highest BCUT2D eigenvalue weighted by Gasteiger charge is 2.12. The van der Waals surface area contributed by atoms with Crippen molar-refractivity contribution in [2.75, 3.05) is 18.0 Å². The molecule has 0 unspecified atom stereocenters. The van der Waals surface area contributed by atoms with E-state index in [1.54, 1.807) is 0 Å². The Kier molecular flexibility index (Phi) is 6.72. The Morgan fingerprint density at radius 2 is 2.00 bits per heavy atom. The fourth-order valence-electron chi connectivity index (χ4n) is 2.19. The van der Waals surface area contributed by atoms with Crippen LogP contribution in [0.3, 0.4) is 0 Å². The molecule has 0 amide bonds. The second-order valence-electron chi connectivity index (χ2n) is 4.83. The Morgan fingerprint density at radius 3 is 2.56 bits per heavy atom. The highest BCUT2D eigenvalue weighted by Crippen LogP contribution is 2.26. The minimum absolute atomic E-state index is 0.529. The normalized spacial score (nSPS) is 11.0. The summed E-state index contributed by atoms with van der Waals surface area (Å²) in [5.74, 6) is 0. The van der Waals surface area contributed by atoms with Crippen LogP contribution in [0, 0.1) is 0 Å². The predicted octanol–water partition coefficient (Wildman–Crippen LogP) is 4.18.